The number of hydrogen-bond donors (Lipinski definition) is 0. The number of carbonyl (C=O) groups is 3. The molecule has 6 nitrogen and oxygen atoms in total. The molecule has 0 N–H and O–H groups in total. The second kappa shape index (κ2) is 67.8. The van der Waals surface area contributed by atoms with Gasteiger partial charge in [-0.1, -0.05) is 298 Å². The van der Waals surface area contributed by atoms with Crippen LogP contribution in [0.2, 0.25) is 0 Å². The van der Waals surface area contributed by atoms with E-state index in [0.29, 0.717) is 19.3 Å². The number of rotatable bonds is 62. The van der Waals surface area contributed by atoms with Crippen LogP contribution < -0.4 is 0 Å². The van der Waals surface area contributed by atoms with Crippen LogP contribution in [0.4, 0.5) is 0 Å². The standard InChI is InChI=1S/C74H128O6/c1-4-7-10-13-16-19-22-25-28-30-32-34-36-37-39-40-42-44-46-49-52-55-58-61-64-67-73(76)79-70-71(69-78-72(75)66-63-60-57-54-51-48-27-24-21-18-15-12-9-6-3)80-74(77)68-65-62-59-56-53-50-47-45-43-41-38-35-33-31-29-26-23-20-17-14-11-8-5-2/h8,11,15,17-18,20,22,24-27,29-30,32-33,35,71H,4-7,9-10,12-14,16,19,21,23,28,31,34,36-70H2,1-3H3/b11-8-,18-15-,20-17-,25-22-,27-24-,29-26-,32-30-,35-33-. The minimum Gasteiger partial charge on any atom is -0.462 e. The number of hydrogen-bond acceptors (Lipinski definition) is 6. The molecule has 0 saturated carbocycles. The molecule has 0 aromatic carbocycles. The number of allylic oxidation sites excluding steroid dienone is 16. The van der Waals surface area contributed by atoms with Crippen LogP contribution in [-0.4, -0.2) is 37.2 Å². The molecule has 0 aromatic heterocycles. The van der Waals surface area contributed by atoms with Gasteiger partial charge < -0.3 is 14.2 Å². The van der Waals surface area contributed by atoms with Gasteiger partial charge in [0, 0.05) is 19.3 Å². The summed E-state index contributed by atoms with van der Waals surface area (Å²) in [6.45, 7) is 6.50. The van der Waals surface area contributed by atoms with Crippen molar-refractivity contribution >= 4 is 17.9 Å². The SMILES string of the molecule is CC/C=C\C/C=C\C/C=C\C/C=C\CCCCCCCCCCCCC(=O)OC(COC(=O)CCCCCCC/C=C\C/C=C\CCCC)COC(=O)CCCCCCCCCCCCCCC/C=C\C/C=C\CCCCCCC. The predicted molar refractivity (Wildman–Crippen MR) is 348 cm³/mol. The molecule has 6 heteroatoms. The zero-order chi connectivity index (χ0) is 57.8. The average molecular weight is 1110 g/mol. The number of ether oxygens (including phenoxy) is 3. The molecular formula is C74H128O6. The lowest BCUT2D eigenvalue weighted by Gasteiger charge is -2.18. The van der Waals surface area contributed by atoms with Crippen molar-refractivity contribution in [2.45, 2.75) is 341 Å². The highest BCUT2D eigenvalue weighted by Crippen LogP contribution is 2.17. The van der Waals surface area contributed by atoms with Crippen molar-refractivity contribution in [3.05, 3.63) is 97.2 Å². The molecule has 0 aromatic rings. The quantitative estimate of drug-likeness (QED) is 0.0261. The summed E-state index contributed by atoms with van der Waals surface area (Å²) in [5.41, 5.74) is 0. The van der Waals surface area contributed by atoms with Gasteiger partial charge in [0.2, 0.25) is 0 Å². The maximum atomic E-state index is 12.9. The van der Waals surface area contributed by atoms with Gasteiger partial charge in [-0.3, -0.25) is 14.4 Å². The van der Waals surface area contributed by atoms with Crippen molar-refractivity contribution in [2.24, 2.45) is 0 Å². The Morgan fingerprint density at radius 3 is 0.800 bits per heavy atom. The molecule has 0 spiro atoms. The van der Waals surface area contributed by atoms with Crippen molar-refractivity contribution in [1.82, 2.24) is 0 Å². The first-order valence-corrected chi connectivity index (χ1v) is 34.2. The fourth-order valence-electron chi connectivity index (χ4n) is 9.66. The highest BCUT2D eigenvalue weighted by molar-refractivity contribution is 5.71. The zero-order valence-corrected chi connectivity index (χ0v) is 52.8. The Hall–Kier alpha value is -3.67. The van der Waals surface area contributed by atoms with E-state index in [4.69, 9.17) is 14.2 Å². The van der Waals surface area contributed by atoms with Crippen LogP contribution in [-0.2, 0) is 28.6 Å². The van der Waals surface area contributed by atoms with E-state index in [-0.39, 0.29) is 31.1 Å². The molecule has 0 fully saturated rings. The molecule has 0 heterocycles. The maximum absolute atomic E-state index is 12.9. The van der Waals surface area contributed by atoms with Gasteiger partial charge in [-0.15, -0.1) is 0 Å². The van der Waals surface area contributed by atoms with E-state index in [1.54, 1.807) is 0 Å². The molecule has 1 atom stereocenters. The fraction of sp³-hybridized carbons (Fsp3) is 0.743. The number of unbranched alkanes of at least 4 members (excludes halogenated alkanes) is 35. The largest absolute Gasteiger partial charge is 0.462 e. The van der Waals surface area contributed by atoms with Gasteiger partial charge in [0.25, 0.3) is 0 Å². The first-order chi connectivity index (χ1) is 39.5. The average Bonchev–Trinajstić information content (AvgIpc) is 3.46. The summed E-state index contributed by atoms with van der Waals surface area (Å²) in [5.74, 6) is -0.889. The normalized spacial score (nSPS) is 12.7. The summed E-state index contributed by atoms with van der Waals surface area (Å²) >= 11 is 0. The molecule has 0 saturated heterocycles. The molecule has 0 radical (unpaired) electrons. The first kappa shape index (κ1) is 76.3. The summed E-state index contributed by atoms with van der Waals surface area (Å²) < 4.78 is 17.0. The monoisotopic (exact) mass is 1110 g/mol. The third-order valence-electron chi connectivity index (χ3n) is 14.8. The number of esters is 3. The first-order valence-electron chi connectivity index (χ1n) is 34.2. The van der Waals surface area contributed by atoms with Crippen LogP contribution >= 0.6 is 0 Å². The van der Waals surface area contributed by atoms with E-state index in [0.717, 1.165) is 109 Å². The van der Waals surface area contributed by atoms with E-state index in [1.165, 1.54) is 186 Å². The van der Waals surface area contributed by atoms with E-state index < -0.39 is 6.10 Å². The highest BCUT2D eigenvalue weighted by atomic mass is 16.6. The van der Waals surface area contributed by atoms with Gasteiger partial charge in [0.1, 0.15) is 13.2 Å². The second-order valence-electron chi connectivity index (χ2n) is 22.7. The van der Waals surface area contributed by atoms with Crippen molar-refractivity contribution in [1.29, 1.82) is 0 Å². The van der Waals surface area contributed by atoms with Crippen molar-refractivity contribution in [3.8, 4) is 0 Å². The third-order valence-corrected chi connectivity index (χ3v) is 14.8. The van der Waals surface area contributed by atoms with Crippen LogP contribution in [0.5, 0.6) is 0 Å². The van der Waals surface area contributed by atoms with E-state index >= 15 is 0 Å². The minimum absolute atomic E-state index is 0.0827. The summed E-state index contributed by atoms with van der Waals surface area (Å²) in [6, 6.07) is 0. The van der Waals surface area contributed by atoms with Gasteiger partial charge in [0.05, 0.1) is 0 Å². The van der Waals surface area contributed by atoms with Crippen LogP contribution in [0.15, 0.2) is 97.2 Å². The van der Waals surface area contributed by atoms with Gasteiger partial charge in [-0.25, -0.2) is 0 Å². The fourth-order valence-corrected chi connectivity index (χ4v) is 9.66. The molecule has 0 aliphatic rings. The van der Waals surface area contributed by atoms with E-state index in [9.17, 15) is 14.4 Å². The van der Waals surface area contributed by atoms with Crippen LogP contribution in [0.25, 0.3) is 0 Å². The van der Waals surface area contributed by atoms with Crippen LogP contribution in [0, 0.1) is 0 Å². The molecule has 0 amide bonds. The lowest BCUT2D eigenvalue weighted by molar-refractivity contribution is -0.167. The third kappa shape index (κ3) is 65.1. The smallest absolute Gasteiger partial charge is 0.306 e. The van der Waals surface area contributed by atoms with Gasteiger partial charge >= 0.3 is 17.9 Å². The molecule has 460 valence electrons. The highest BCUT2D eigenvalue weighted by Gasteiger charge is 2.19. The maximum Gasteiger partial charge on any atom is 0.306 e. The molecule has 0 rings (SSSR count). The van der Waals surface area contributed by atoms with Crippen molar-refractivity contribution in [3.63, 3.8) is 0 Å². The van der Waals surface area contributed by atoms with Gasteiger partial charge in [-0.05, 0) is 116 Å². The Balaban J connectivity index is 4.32. The summed E-state index contributed by atoms with van der Waals surface area (Å²) in [5, 5.41) is 0. The zero-order valence-electron chi connectivity index (χ0n) is 52.8. The predicted octanol–water partition coefficient (Wildman–Crippen LogP) is 23.6. The van der Waals surface area contributed by atoms with Gasteiger partial charge in [-0.2, -0.15) is 0 Å². The molecule has 0 aliphatic heterocycles. The summed E-state index contributed by atoms with van der Waals surface area (Å²) in [4.78, 5) is 38.4. The number of carbonyl (C=O) groups excluding carboxylic acids is 3. The second-order valence-corrected chi connectivity index (χ2v) is 22.7. The Labute approximate surface area is 496 Å². The van der Waals surface area contributed by atoms with Crippen LogP contribution in [0.1, 0.15) is 335 Å². The van der Waals surface area contributed by atoms with Gasteiger partial charge in [0.15, 0.2) is 6.10 Å². The minimum atomic E-state index is -0.788. The topological polar surface area (TPSA) is 78.9 Å². The lowest BCUT2D eigenvalue weighted by atomic mass is 10.0. The van der Waals surface area contributed by atoms with Crippen LogP contribution in [0.3, 0.4) is 0 Å². The Bertz CT molecular complexity index is 1560. The molecule has 1 unspecified atom stereocenters. The van der Waals surface area contributed by atoms with Crippen molar-refractivity contribution < 1.29 is 28.6 Å². The Morgan fingerprint density at radius 2 is 0.500 bits per heavy atom. The Kier molecular flexibility index (Phi) is 64.7. The molecular weight excluding hydrogens is 985 g/mol. The van der Waals surface area contributed by atoms with E-state index in [2.05, 4.69) is 118 Å². The summed E-state index contributed by atoms with van der Waals surface area (Å²) in [7, 11) is 0. The lowest BCUT2D eigenvalue weighted by Crippen LogP contribution is -2.30. The van der Waals surface area contributed by atoms with E-state index in [1.807, 2.05) is 0 Å². The molecule has 0 bridgehead atoms. The Morgan fingerprint density at radius 1 is 0.263 bits per heavy atom. The molecule has 0 aliphatic carbocycles. The van der Waals surface area contributed by atoms with Crippen molar-refractivity contribution in [2.75, 3.05) is 13.2 Å². The summed E-state index contributed by atoms with van der Waals surface area (Å²) in [6.07, 6.45) is 91.3. The molecule has 80 heavy (non-hydrogen) atoms.